The van der Waals surface area contributed by atoms with Gasteiger partial charge in [-0.15, -0.1) is 0 Å². The van der Waals surface area contributed by atoms with E-state index in [2.05, 4.69) is 20.6 Å². The van der Waals surface area contributed by atoms with Crippen LogP contribution in [0.25, 0.3) is 10.9 Å². The quantitative estimate of drug-likeness (QED) is 0.328. The number of hydrogen-bond acceptors (Lipinski definition) is 4. The Bertz CT molecular complexity index is 1300. The molecular weight excluding hydrogens is 465 g/mol. The molecule has 0 fully saturated rings. The van der Waals surface area contributed by atoms with E-state index >= 15 is 0 Å². The van der Waals surface area contributed by atoms with E-state index in [-0.39, 0.29) is 12.1 Å². The molecule has 1 aromatic heterocycles. The molecule has 9 heteroatoms. The van der Waals surface area contributed by atoms with E-state index in [0.29, 0.717) is 35.1 Å². The molecule has 5 nitrogen and oxygen atoms in total. The van der Waals surface area contributed by atoms with Crippen LogP contribution < -0.4 is 10.6 Å². The summed E-state index contributed by atoms with van der Waals surface area (Å²) in [6, 6.07) is 19.3. The minimum absolute atomic E-state index is 0.153. The van der Waals surface area contributed by atoms with E-state index in [1.165, 1.54) is 0 Å². The van der Waals surface area contributed by atoms with Gasteiger partial charge in [-0.2, -0.15) is 13.2 Å². The van der Waals surface area contributed by atoms with Crippen molar-refractivity contribution in [2.45, 2.75) is 12.6 Å². The predicted molar refractivity (Wildman–Crippen MR) is 126 cm³/mol. The smallest absolute Gasteiger partial charge is 0.368 e. The molecule has 34 heavy (non-hydrogen) atoms. The number of alkyl halides is 3. The highest BCUT2D eigenvalue weighted by Gasteiger charge is 2.30. The molecule has 174 valence electrons. The lowest BCUT2D eigenvalue weighted by molar-refractivity contribution is -0.137. The van der Waals surface area contributed by atoms with E-state index in [4.69, 9.17) is 11.6 Å². The maximum atomic E-state index is 12.7. The van der Waals surface area contributed by atoms with E-state index < -0.39 is 17.6 Å². The SMILES string of the molecule is O=C(NCCNc1nc(Cc2ccccc2)nc2cc(Cl)ccc12)c1ccc(C(F)(F)F)cc1. The van der Waals surface area contributed by atoms with Crippen LogP contribution in [-0.2, 0) is 12.6 Å². The molecule has 4 aromatic rings. The third kappa shape index (κ3) is 5.82. The van der Waals surface area contributed by atoms with Crippen LogP contribution in [0.3, 0.4) is 0 Å². The molecule has 0 aliphatic heterocycles. The van der Waals surface area contributed by atoms with Crippen LogP contribution in [0.1, 0.15) is 27.3 Å². The van der Waals surface area contributed by atoms with Gasteiger partial charge in [0.2, 0.25) is 0 Å². The lowest BCUT2D eigenvalue weighted by atomic mass is 10.1. The summed E-state index contributed by atoms with van der Waals surface area (Å²) in [4.78, 5) is 21.5. The number of fused-ring (bicyclic) bond motifs is 1. The standard InChI is InChI=1S/C25H20ClF3N4O/c26-19-10-11-20-21(15-19)32-22(14-16-4-2-1-3-5-16)33-23(20)30-12-13-31-24(34)17-6-8-18(9-7-17)25(27,28)29/h1-11,15H,12-14H2,(H,31,34)(H,30,32,33). The lowest BCUT2D eigenvalue weighted by Gasteiger charge is -2.12. The minimum atomic E-state index is -4.44. The molecule has 0 saturated carbocycles. The number of nitrogens with one attached hydrogen (secondary N) is 2. The summed E-state index contributed by atoms with van der Waals surface area (Å²) >= 11 is 6.15. The first-order valence-electron chi connectivity index (χ1n) is 10.5. The van der Waals surface area contributed by atoms with E-state index in [1.54, 1.807) is 12.1 Å². The monoisotopic (exact) mass is 484 g/mol. The summed E-state index contributed by atoms with van der Waals surface area (Å²) in [7, 11) is 0. The Balaban J connectivity index is 1.42. The van der Waals surface area contributed by atoms with Crippen molar-refractivity contribution in [3.63, 3.8) is 0 Å². The molecule has 0 atom stereocenters. The number of anilines is 1. The van der Waals surface area contributed by atoms with E-state index in [0.717, 1.165) is 35.2 Å². The molecule has 0 aliphatic carbocycles. The molecule has 0 radical (unpaired) electrons. The van der Waals surface area contributed by atoms with E-state index in [9.17, 15) is 18.0 Å². The number of carbonyl (C=O) groups excluding carboxylic acids is 1. The lowest BCUT2D eigenvalue weighted by Crippen LogP contribution is -2.29. The first kappa shape index (κ1) is 23.5. The summed E-state index contributed by atoms with van der Waals surface area (Å²) in [5.74, 6) is 0.772. The summed E-state index contributed by atoms with van der Waals surface area (Å²) < 4.78 is 38.1. The van der Waals surface area contributed by atoms with Gasteiger partial charge in [0.25, 0.3) is 5.91 Å². The van der Waals surface area contributed by atoms with Crippen molar-refractivity contribution in [2.24, 2.45) is 0 Å². The third-order valence-electron chi connectivity index (χ3n) is 5.09. The van der Waals surface area contributed by atoms with Gasteiger partial charge < -0.3 is 10.6 Å². The number of amides is 1. The van der Waals surface area contributed by atoms with Crippen LogP contribution in [-0.4, -0.2) is 29.0 Å². The number of nitrogens with zero attached hydrogens (tertiary/aromatic N) is 2. The second-order valence-electron chi connectivity index (χ2n) is 7.57. The molecule has 0 aliphatic rings. The zero-order chi connectivity index (χ0) is 24.1. The Hall–Kier alpha value is -3.65. The fourth-order valence-corrected chi connectivity index (χ4v) is 3.58. The van der Waals surface area contributed by atoms with Crippen LogP contribution in [0, 0.1) is 0 Å². The largest absolute Gasteiger partial charge is 0.416 e. The van der Waals surface area contributed by atoms with Crippen LogP contribution in [0.5, 0.6) is 0 Å². The van der Waals surface area contributed by atoms with Crippen molar-refractivity contribution in [1.82, 2.24) is 15.3 Å². The number of aromatic nitrogens is 2. The van der Waals surface area contributed by atoms with Gasteiger partial charge in [-0.25, -0.2) is 9.97 Å². The molecule has 0 bridgehead atoms. The van der Waals surface area contributed by atoms with Gasteiger partial charge in [0.05, 0.1) is 11.1 Å². The van der Waals surface area contributed by atoms with Gasteiger partial charge in [-0.05, 0) is 48.0 Å². The van der Waals surface area contributed by atoms with Crippen molar-refractivity contribution >= 4 is 34.2 Å². The highest BCUT2D eigenvalue weighted by molar-refractivity contribution is 6.31. The topological polar surface area (TPSA) is 66.9 Å². The molecule has 0 unspecified atom stereocenters. The molecule has 3 aromatic carbocycles. The van der Waals surface area contributed by atoms with Gasteiger partial charge in [0.1, 0.15) is 11.6 Å². The summed E-state index contributed by atoms with van der Waals surface area (Å²) in [5, 5.41) is 7.25. The van der Waals surface area contributed by atoms with Crippen molar-refractivity contribution in [1.29, 1.82) is 0 Å². The molecule has 4 rings (SSSR count). The van der Waals surface area contributed by atoms with Crippen LogP contribution in [0.2, 0.25) is 5.02 Å². The minimum Gasteiger partial charge on any atom is -0.368 e. The molecular formula is C25H20ClF3N4O. The van der Waals surface area contributed by atoms with Crippen LogP contribution >= 0.6 is 11.6 Å². The number of hydrogen-bond donors (Lipinski definition) is 2. The summed E-state index contributed by atoms with van der Waals surface area (Å²) in [6.07, 6.45) is -3.90. The van der Waals surface area contributed by atoms with Gasteiger partial charge in [-0.3, -0.25) is 4.79 Å². The number of benzene rings is 3. The average molecular weight is 485 g/mol. The summed E-state index contributed by atoms with van der Waals surface area (Å²) in [6.45, 7) is 0.596. The van der Waals surface area contributed by atoms with Crippen molar-refractivity contribution in [2.75, 3.05) is 18.4 Å². The third-order valence-corrected chi connectivity index (χ3v) is 5.32. The zero-order valence-electron chi connectivity index (χ0n) is 17.9. The van der Waals surface area contributed by atoms with Gasteiger partial charge in [0, 0.05) is 35.5 Å². The molecule has 0 spiro atoms. The average Bonchev–Trinajstić information content (AvgIpc) is 2.81. The molecule has 1 heterocycles. The highest BCUT2D eigenvalue weighted by Crippen LogP contribution is 2.29. The van der Waals surface area contributed by atoms with Crippen molar-refractivity contribution in [3.05, 3.63) is 100 Å². The Morgan fingerprint density at radius 1 is 0.912 bits per heavy atom. The van der Waals surface area contributed by atoms with Gasteiger partial charge >= 0.3 is 6.18 Å². The molecule has 2 N–H and O–H groups in total. The normalized spacial score (nSPS) is 11.4. The van der Waals surface area contributed by atoms with Crippen LogP contribution in [0.15, 0.2) is 72.8 Å². The maximum Gasteiger partial charge on any atom is 0.416 e. The Morgan fingerprint density at radius 2 is 1.65 bits per heavy atom. The number of halogens is 4. The number of carbonyl (C=O) groups is 1. The molecule has 1 amide bonds. The van der Waals surface area contributed by atoms with Gasteiger partial charge in [-0.1, -0.05) is 41.9 Å². The van der Waals surface area contributed by atoms with Crippen LogP contribution in [0.4, 0.5) is 19.0 Å². The molecule has 0 saturated heterocycles. The Morgan fingerprint density at radius 3 is 2.35 bits per heavy atom. The zero-order valence-corrected chi connectivity index (χ0v) is 18.6. The second kappa shape index (κ2) is 10.1. The Labute approximate surface area is 199 Å². The maximum absolute atomic E-state index is 12.7. The van der Waals surface area contributed by atoms with Crippen molar-refractivity contribution in [3.8, 4) is 0 Å². The fourth-order valence-electron chi connectivity index (χ4n) is 3.41. The number of rotatable bonds is 7. The van der Waals surface area contributed by atoms with E-state index in [1.807, 2.05) is 36.4 Å². The fraction of sp³-hybridized carbons (Fsp3) is 0.160. The Kier molecular flexibility index (Phi) is 6.98. The first-order chi connectivity index (χ1) is 16.3. The predicted octanol–water partition coefficient (Wildman–Crippen LogP) is 5.73. The first-order valence-corrected chi connectivity index (χ1v) is 10.9. The van der Waals surface area contributed by atoms with Crippen molar-refractivity contribution < 1.29 is 18.0 Å². The van der Waals surface area contributed by atoms with Gasteiger partial charge in [0.15, 0.2) is 0 Å². The summed E-state index contributed by atoms with van der Waals surface area (Å²) in [5.41, 5.74) is 1.12. The second-order valence-corrected chi connectivity index (χ2v) is 8.01. The highest BCUT2D eigenvalue weighted by atomic mass is 35.5.